The first-order valence-corrected chi connectivity index (χ1v) is 10.00. The number of carbonyl (C=O) groups excluding carboxylic acids is 1. The van der Waals surface area contributed by atoms with E-state index in [2.05, 4.69) is 29.2 Å². The van der Waals surface area contributed by atoms with E-state index in [1.54, 1.807) is 24.5 Å². The molecule has 0 bridgehead atoms. The summed E-state index contributed by atoms with van der Waals surface area (Å²) in [6, 6.07) is 9.71. The van der Waals surface area contributed by atoms with Crippen molar-refractivity contribution >= 4 is 22.6 Å². The van der Waals surface area contributed by atoms with Gasteiger partial charge in [-0.2, -0.15) is 0 Å². The van der Waals surface area contributed by atoms with Crippen LogP contribution in [-0.4, -0.2) is 39.7 Å². The Morgan fingerprint density at radius 1 is 1.23 bits per heavy atom. The predicted octanol–water partition coefficient (Wildman–Crippen LogP) is 4.59. The van der Waals surface area contributed by atoms with Gasteiger partial charge in [0.25, 0.3) is 5.91 Å². The van der Waals surface area contributed by atoms with Gasteiger partial charge in [0.05, 0.1) is 6.54 Å². The van der Waals surface area contributed by atoms with Gasteiger partial charge in [0, 0.05) is 23.5 Å². The number of pyridine rings is 1. The van der Waals surface area contributed by atoms with E-state index in [4.69, 9.17) is 4.42 Å². The standard InChI is InChI=1S/C23H24FN5O2/c1-14(2)15-9-16-12-29(27-22(16)25-11-15)20-10-17(5-7-19(20)24)26-23(30)21-8-6-18(31-21)13-28(3)4/h5-12,14H,13H2,1-4H3,(H,26,30). The minimum atomic E-state index is -0.457. The fraction of sp³-hybridized carbons (Fsp3) is 0.261. The molecule has 0 saturated carbocycles. The Balaban J connectivity index is 1.59. The molecule has 0 aliphatic rings. The van der Waals surface area contributed by atoms with Crippen LogP contribution in [0.2, 0.25) is 0 Å². The molecule has 160 valence electrons. The van der Waals surface area contributed by atoms with Crippen molar-refractivity contribution in [3.05, 3.63) is 71.7 Å². The fourth-order valence-corrected chi connectivity index (χ4v) is 3.23. The highest BCUT2D eigenvalue weighted by molar-refractivity contribution is 6.02. The summed E-state index contributed by atoms with van der Waals surface area (Å²) in [7, 11) is 3.83. The molecule has 0 fully saturated rings. The number of anilines is 1. The van der Waals surface area contributed by atoms with Crippen LogP contribution in [0.5, 0.6) is 0 Å². The lowest BCUT2D eigenvalue weighted by atomic mass is 10.1. The SMILES string of the molecule is CC(C)c1cnc2nn(-c3cc(NC(=O)c4ccc(CN(C)C)o4)ccc3F)cc2c1. The summed E-state index contributed by atoms with van der Waals surface area (Å²) in [5.74, 6) is 0.345. The van der Waals surface area contributed by atoms with Crippen LogP contribution in [0.15, 0.2) is 53.2 Å². The number of nitrogens with zero attached hydrogens (tertiary/aromatic N) is 4. The highest BCUT2D eigenvalue weighted by Gasteiger charge is 2.15. The van der Waals surface area contributed by atoms with Gasteiger partial charge in [0.2, 0.25) is 0 Å². The van der Waals surface area contributed by atoms with Crippen LogP contribution >= 0.6 is 0 Å². The van der Waals surface area contributed by atoms with E-state index in [9.17, 15) is 9.18 Å². The summed E-state index contributed by atoms with van der Waals surface area (Å²) in [5, 5.41) is 7.96. The van der Waals surface area contributed by atoms with Crippen LogP contribution in [0.1, 0.15) is 41.6 Å². The first-order valence-electron chi connectivity index (χ1n) is 10.00. The summed E-state index contributed by atoms with van der Waals surface area (Å²) in [4.78, 5) is 18.9. The van der Waals surface area contributed by atoms with E-state index in [-0.39, 0.29) is 11.4 Å². The monoisotopic (exact) mass is 421 g/mol. The van der Waals surface area contributed by atoms with Crippen LogP contribution in [0.3, 0.4) is 0 Å². The van der Waals surface area contributed by atoms with Crippen molar-refractivity contribution in [1.82, 2.24) is 19.7 Å². The summed E-state index contributed by atoms with van der Waals surface area (Å²) >= 11 is 0. The summed E-state index contributed by atoms with van der Waals surface area (Å²) in [6.45, 7) is 4.76. The lowest BCUT2D eigenvalue weighted by molar-refractivity contribution is 0.0993. The normalized spacial score (nSPS) is 11.6. The molecule has 0 spiro atoms. The second kappa shape index (κ2) is 8.31. The minimum absolute atomic E-state index is 0.193. The third-order valence-electron chi connectivity index (χ3n) is 4.86. The number of furan rings is 1. The van der Waals surface area contributed by atoms with Gasteiger partial charge in [-0.1, -0.05) is 13.8 Å². The van der Waals surface area contributed by atoms with Crippen molar-refractivity contribution in [1.29, 1.82) is 0 Å². The molecule has 0 aliphatic carbocycles. The van der Waals surface area contributed by atoms with Gasteiger partial charge in [-0.15, -0.1) is 5.10 Å². The average Bonchev–Trinajstić information content (AvgIpc) is 3.35. The van der Waals surface area contributed by atoms with E-state index in [0.29, 0.717) is 29.6 Å². The predicted molar refractivity (Wildman–Crippen MR) is 117 cm³/mol. The third kappa shape index (κ3) is 4.49. The Morgan fingerprint density at radius 2 is 2.03 bits per heavy atom. The molecule has 1 N–H and O–H groups in total. The van der Waals surface area contributed by atoms with Gasteiger partial charge in [0.1, 0.15) is 17.3 Å². The van der Waals surface area contributed by atoms with Crippen LogP contribution in [0.4, 0.5) is 10.1 Å². The molecule has 7 nitrogen and oxygen atoms in total. The van der Waals surface area contributed by atoms with E-state index in [1.165, 1.54) is 22.9 Å². The fourth-order valence-electron chi connectivity index (χ4n) is 3.23. The van der Waals surface area contributed by atoms with Gasteiger partial charge in [0.15, 0.2) is 11.4 Å². The Kier molecular flexibility index (Phi) is 5.56. The van der Waals surface area contributed by atoms with Gasteiger partial charge < -0.3 is 14.6 Å². The van der Waals surface area contributed by atoms with Crippen molar-refractivity contribution in [2.45, 2.75) is 26.3 Å². The van der Waals surface area contributed by atoms with Crippen molar-refractivity contribution in [2.24, 2.45) is 0 Å². The van der Waals surface area contributed by atoms with E-state index < -0.39 is 11.7 Å². The number of benzene rings is 1. The molecule has 1 amide bonds. The van der Waals surface area contributed by atoms with Gasteiger partial charge >= 0.3 is 0 Å². The van der Waals surface area contributed by atoms with Crippen LogP contribution in [0.25, 0.3) is 16.7 Å². The maximum atomic E-state index is 14.6. The maximum absolute atomic E-state index is 14.6. The Hall–Kier alpha value is -3.52. The van der Waals surface area contributed by atoms with E-state index in [0.717, 1.165) is 10.9 Å². The quantitative estimate of drug-likeness (QED) is 0.493. The number of rotatable bonds is 6. The number of carbonyl (C=O) groups is 1. The number of aromatic nitrogens is 3. The lowest BCUT2D eigenvalue weighted by Crippen LogP contribution is -2.12. The molecular weight excluding hydrogens is 397 g/mol. The Bertz CT molecular complexity index is 1240. The first-order chi connectivity index (χ1) is 14.8. The van der Waals surface area contributed by atoms with Gasteiger partial charge in [-0.3, -0.25) is 4.79 Å². The summed E-state index contributed by atoms with van der Waals surface area (Å²) < 4.78 is 21.6. The van der Waals surface area contributed by atoms with Gasteiger partial charge in [-0.05, 0) is 62.0 Å². The van der Waals surface area contributed by atoms with E-state index in [1.807, 2.05) is 25.1 Å². The molecule has 0 atom stereocenters. The second-order valence-corrected chi connectivity index (χ2v) is 8.03. The number of halogens is 1. The zero-order chi connectivity index (χ0) is 22.1. The highest BCUT2D eigenvalue weighted by atomic mass is 19.1. The number of nitrogens with one attached hydrogen (secondary N) is 1. The van der Waals surface area contributed by atoms with Crippen LogP contribution < -0.4 is 5.32 Å². The topological polar surface area (TPSA) is 76.2 Å². The second-order valence-electron chi connectivity index (χ2n) is 8.03. The smallest absolute Gasteiger partial charge is 0.291 e. The van der Waals surface area contributed by atoms with Crippen molar-refractivity contribution < 1.29 is 13.6 Å². The van der Waals surface area contributed by atoms with Crippen LogP contribution in [0, 0.1) is 5.82 Å². The summed E-state index contributed by atoms with van der Waals surface area (Å²) in [5.41, 5.74) is 2.26. The molecular formula is C23H24FN5O2. The van der Waals surface area contributed by atoms with Crippen molar-refractivity contribution in [3.63, 3.8) is 0 Å². The molecule has 8 heteroatoms. The molecule has 1 aromatic carbocycles. The Labute approximate surface area is 179 Å². The minimum Gasteiger partial charge on any atom is -0.455 e. The molecule has 0 unspecified atom stereocenters. The first kappa shape index (κ1) is 20.7. The number of hydrogen-bond donors (Lipinski definition) is 1. The molecule has 31 heavy (non-hydrogen) atoms. The van der Waals surface area contributed by atoms with Crippen molar-refractivity contribution in [3.8, 4) is 5.69 Å². The highest BCUT2D eigenvalue weighted by Crippen LogP contribution is 2.23. The van der Waals surface area contributed by atoms with Crippen molar-refractivity contribution in [2.75, 3.05) is 19.4 Å². The largest absolute Gasteiger partial charge is 0.455 e. The average molecular weight is 421 g/mol. The zero-order valence-corrected chi connectivity index (χ0v) is 17.9. The Morgan fingerprint density at radius 3 is 2.77 bits per heavy atom. The number of amides is 1. The molecule has 0 saturated heterocycles. The molecule has 4 aromatic rings. The molecule has 3 heterocycles. The molecule has 0 radical (unpaired) electrons. The number of fused-ring (bicyclic) bond motifs is 1. The lowest BCUT2D eigenvalue weighted by Gasteiger charge is -2.08. The third-order valence-corrected chi connectivity index (χ3v) is 4.86. The molecule has 4 rings (SSSR count). The van der Waals surface area contributed by atoms with Gasteiger partial charge in [-0.25, -0.2) is 14.1 Å². The van der Waals surface area contributed by atoms with E-state index >= 15 is 0 Å². The molecule has 3 aromatic heterocycles. The molecule has 0 aliphatic heterocycles. The zero-order valence-electron chi connectivity index (χ0n) is 17.9. The summed E-state index contributed by atoms with van der Waals surface area (Å²) in [6.07, 6.45) is 3.52. The van der Waals surface area contributed by atoms with Crippen LogP contribution in [-0.2, 0) is 6.54 Å². The number of hydrogen-bond acceptors (Lipinski definition) is 5. The maximum Gasteiger partial charge on any atom is 0.291 e.